The maximum Gasteiger partial charge on any atom is 0.314 e. The van der Waals surface area contributed by atoms with E-state index in [0.717, 1.165) is 25.9 Å². The topological polar surface area (TPSA) is 44.4 Å². The van der Waals surface area contributed by atoms with Crippen LogP contribution in [-0.2, 0) is 5.41 Å². The molecular formula is C15H23N3O. The number of urea groups is 1. The maximum atomic E-state index is 11.7. The zero-order chi connectivity index (χ0) is 13.7. The first kappa shape index (κ1) is 13.9. The number of nitrogens with zero attached hydrogens (tertiary/aromatic N) is 1. The van der Waals surface area contributed by atoms with Crippen LogP contribution in [-0.4, -0.2) is 44.7 Å². The third-order valence-electron chi connectivity index (χ3n) is 3.67. The molecule has 1 saturated carbocycles. The molecule has 1 aromatic carbocycles. The molecule has 2 amide bonds. The molecule has 0 bridgehead atoms. The predicted octanol–water partition coefficient (Wildman–Crippen LogP) is 1.58. The molecule has 4 heteroatoms. The van der Waals surface area contributed by atoms with Crippen LogP contribution in [0.25, 0.3) is 0 Å². The Hall–Kier alpha value is -1.55. The average molecular weight is 261 g/mol. The highest BCUT2D eigenvalue weighted by Gasteiger charge is 2.44. The van der Waals surface area contributed by atoms with E-state index in [9.17, 15) is 4.79 Å². The average Bonchev–Trinajstić information content (AvgIpc) is 3.18. The largest absolute Gasteiger partial charge is 0.337 e. The van der Waals surface area contributed by atoms with Crippen LogP contribution >= 0.6 is 0 Å². The molecule has 1 aromatic rings. The Morgan fingerprint density at radius 3 is 2.47 bits per heavy atom. The Morgan fingerprint density at radius 2 is 1.89 bits per heavy atom. The Morgan fingerprint density at radius 1 is 1.21 bits per heavy atom. The summed E-state index contributed by atoms with van der Waals surface area (Å²) in [6.45, 7) is 2.26. The monoisotopic (exact) mass is 261 g/mol. The molecule has 0 aromatic heterocycles. The van der Waals surface area contributed by atoms with E-state index in [1.807, 2.05) is 25.1 Å². The van der Waals surface area contributed by atoms with Gasteiger partial charge in [-0.05, 0) is 32.5 Å². The fraction of sp³-hybridized carbons (Fsp3) is 0.533. The van der Waals surface area contributed by atoms with Crippen molar-refractivity contribution in [1.29, 1.82) is 0 Å². The number of benzene rings is 1. The minimum absolute atomic E-state index is 0.0657. The fourth-order valence-corrected chi connectivity index (χ4v) is 2.22. The zero-order valence-corrected chi connectivity index (χ0v) is 11.8. The third kappa shape index (κ3) is 3.96. The van der Waals surface area contributed by atoms with Gasteiger partial charge in [-0.3, -0.25) is 0 Å². The highest BCUT2D eigenvalue weighted by molar-refractivity contribution is 5.74. The van der Waals surface area contributed by atoms with Crippen molar-refractivity contribution in [1.82, 2.24) is 15.5 Å². The van der Waals surface area contributed by atoms with Crippen molar-refractivity contribution < 1.29 is 4.79 Å². The van der Waals surface area contributed by atoms with E-state index >= 15 is 0 Å². The van der Waals surface area contributed by atoms with Crippen LogP contribution in [0.1, 0.15) is 18.4 Å². The third-order valence-corrected chi connectivity index (χ3v) is 3.67. The Balaban J connectivity index is 1.75. The van der Waals surface area contributed by atoms with Crippen LogP contribution in [0, 0.1) is 0 Å². The van der Waals surface area contributed by atoms with Gasteiger partial charge in [0.2, 0.25) is 0 Å². The number of rotatable bonds is 6. The lowest BCUT2D eigenvalue weighted by atomic mass is 9.96. The number of hydrogen-bond acceptors (Lipinski definition) is 2. The Labute approximate surface area is 115 Å². The number of carbonyl (C=O) groups excluding carboxylic acids is 1. The van der Waals surface area contributed by atoms with Crippen molar-refractivity contribution >= 4 is 6.03 Å². The summed E-state index contributed by atoms with van der Waals surface area (Å²) in [5, 5.41) is 5.86. The van der Waals surface area contributed by atoms with E-state index < -0.39 is 0 Å². The highest BCUT2D eigenvalue weighted by Crippen LogP contribution is 2.47. The van der Waals surface area contributed by atoms with E-state index in [1.54, 1.807) is 0 Å². The van der Waals surface area contributed by atoms with Gasteiger partial charge >= 0.3 is 6.03 Å². The number of hydrogen-bond donors (Lipinski definition) is 2. The molecule has 1 aliphatic rings. The quantitative estimate of drug-likeness (QED) is 0.816. The van der Waals surface area contributed by atoms with Crippen LogP contribution in [0.5, 0.6) is 0 Å². The van der Waals surface area contributed by atoms with E-state index in [2.05, 4.69) is 34.9 Å². The second kappa shape index (κ2) is 6.06. The van der Waals surface area contributed by atoms with E-state index in [0.29, 0.717) is 6.54 Å². The summed E-state index contributed by atoms with van der Waals surface area (Å²) in [7, 11) is 3.99. The molecule has 4 nitrogen and oxygen atoms in total. The van der Waals surface area contributed by atoms with Gasteiger partial charge in [-0.15, -0.1) is 0 Å². The first-order valence-corrected chi connectivity index (χ1v) is 6.84. The summed E-state index contributed by atoms with van der Waals surface area (Å²) in [6.07, 6.45) is 2.32. The molecule has 2 rings (SSSR count). The maximum absolute atomic E-state index is 11.7. The summed E-state index contributed by atoms with van der Waals surface area (Å²) in [5.74, 6) is 0. The van der Waals surface area contributed by atoms with E-state index in [-0.39, 0.29) is 11.4 Å². The van der Waals surface area contributed by atoms with Crippen molar-refractivity contribution in [2.45, 2.75) is 18.3 Å². The van der Waals surface area contributed by atoms with Gasteiger partial charge in [0.25, 0.3) is 0 Å². The van der Waals surface area contributed by atoms with Gasteiger partial charge in [0.05, 0.1) is 0 Å². The summed E-state index contributed by atoms with van der Waals surface area (Å²) in [6, 6.07) is 10.4. The zero-order valence-electron chi connectivity index (χ0n) is 11.8. The minimum Gasteiger partial charge on any atom is -0.337 e. The first-order chi connectivity index (χ1) is 9.12. The second-order valence-electron chi connectivity index (χ2n) is 5.56. The van der Waals surface area contributed by atoms with Crippen LogP contribution in [0.15, 0.2) is 30.3 Å². The van der Waals surface area contributed by atoms with Gasteiger partial charge in [0, 0.05) is 25.0 Å². The van der Waals surface area contributed by atoms with E-state index in [1.165, 1.54) is 5.56 Å². The molecule has 0 heterocycles. The van der Waals surface area contributed by atoms with Gasteiger partial charge in [-0.1, -0.05) is 30.3 Å². The SMILES string of the molecule is CN(C)CCNC(=O)NCC1(c2ccccc2)CC1. The van der Waals surface area contributed by atoms with Crippen molar-refractivity contribution in [3.05, 3.63) is 35.9 Å². The molecule has 0 saturated heterocycles. The summed E-state index contributed by atoms with van der Waals surface area (Å²) >= 11 is 0. The number of likely N-dealkylation sites (N-methyl/N-ethyl adjacent to an activating group) is 1. The standard InChI is InChI=1S/C15H23N3O/c1-18(2)11-10-16-14(19)17-12-15(8-9-15)13-6-4-3-5-7-13/h3-7H,8-12H2,1-2H3,(H2,16,17,19). The number of amides is 2. The van der Waals surface area contributed by atoms with Crippen molar-refractivity contribution in [3.8, 4) is 0 Å². The van der Waals surface area contributed by atoms with Gasteiger partial charge in [0.1, 0.15) is 0 Å². The van der Waals surface area contributed by atoms with Gasteiger partial charge in [0.15, 0.2) is 0 Å². The van der Waals surface area contributed by atoms with Crippen LogP contribution < -0.4 is 10.6 Å². The Bertz CT molecular complexity index is 413. The first-order valence-electron chi connectivity index (χ1n) is 6.84. The normalized spacial score (nSPS) is 16.2. The molecule has 0 atom stereocenters. The molecule has 0 radical (unpaired) electrons. The smallest absolute Gasteiger partial charge is 0.314 e. The van der Waals surface area contributed by atoms with Crippen molar-refractivity contribution in [2.24, 2.45) is 0 Å². The summed E-state index contributed by atoms with van der Waals surface area (Å²) < 4.78 is 0. The lowest BCUT2D eigenvalue weighted by Crippen LogP contribution is -2.42. The lowest BCUT2D eigenvalue weighted by molar-refractivity contribution is 0.238. The molecule has 2 N–H and O–H groups in total. The molecule has 0 spiro atoms. The van der Waals surface area contributed by atoms with Gasteiger partial charge < -0.3 is 15.5 Å². The van der Waals surface area contributed by atoms with Crippen LogP contribution in [0.4, 0.5) is 4.79 Å². The van der Waals surface area contributed by atoms with Crippen LogP contribution in [0.2, 0.25) is 0 Å². The van der Waals surface area contributed by atoms with Gasteiger partial charge in [-0.2, -0.15) is 0 Å². The molecule has 19 heavy (non-hydrogen) atoms. The molecule has 1 aliphatic carbocycles. The van der Waals surface area contributed by atoms with Crippen molar-refractivity contribution in [2.75, 3.05) is 33.7 Å². The second-order valence-corrected chi connectivity index (χ2v) is 5.56. The fourth-order valence-electron chi connectivity index (χ4n) is 2.22. The highest BCUT2D eigenvalue weighted by atomic mass is 16.2. The minimum atomic E-state index is -0.0657. The summed E-state index contributed by atoms with van der Waals surface area (Å²) in [4.78, 5) is 13.7. The summed E-state index contributed by atoms with van der Waals surface area (Å²) in [5.41, 5.74) is 1.52. The number of carbonyl (C=O) groups is 1. The van der Waals surface area contributed by atoms with Crippen molar-refractivity contribution in [3.63, 3.8) is 0 Å². The van der Waals surface area contributed by atoms with Crippen LogP contribution in [0.3, 0.4) is 0 Å². The predicted molar refractivity (Wildman–Crippen MR) is 77.3 cm³/mol. The molecule has 1 fully saturated rings. The van der Waals surface area contributed by atoms with E-state index in [4.69, 9.17) is 0 Å². The van der Waals surface area contributed by atoms with Gasteiger partial charge in [-0.25, -0.2) is 4.79 Å². The molecular weight excluding hydrogens is 238 g/mol. The Kier molecular flexibility index (Phi) is 4.43. The molecule has 104 valence electrons. The molecule has 0 aliphatic heterocycles. The molecule has 0 unspecified atom stereocenters. The number of nitrogens with one attached hydrogen (secondary N) is 2. The lowest BCUT2D eigenvalue weighted by Gasteiger charge is -2.17.